The molecule has 1 aliphatic heterocycles. The van der Waals surface area contributed by atoms with Gasteiger partial charge in [0.25, 0.3) is 10.2 Å². The zero-order chi connectivity index (χ0) is 21.6. The standard InChI is InChI=1S/C21H34N4O4S/c1-3-29-20-12-8-7-11-19(20)22-21(26)17-24-13-15-25(16-14-24)30(27,28)23(2)18-9-5-4-6-10-18/h7-8,11-12,18H,3-6,9-10,13-17H2,1-2H3,(H,22,26). The normalized spacial score (nSPS) is 19.7. The van der Waals surface area contributed by atoms with Gasteiger partial charge < -0.3 is 10.1 Å². The number of para-hydroxylation sites is 2. The first kappa shape index (κ1) is 23.0. The van der Waals surface area contributed by atoms with E-state index in [1.807, 2.05) is 36.1 Å². The van der Waals surface area contributed by atoms with Crippen molar-refractivity contribution in [2.24, 2.45) is 0 Å². The largest absolute Gasteiger partial charge is 0.492 e. The van der Waals surface area contributed by atoms with Gasteiger partial charge in [-0.25, -0.2) is 0 Å². The number of carbonyl (C=O) groups is 1. The molecule has 9 heteroatoms. The van der Waals surface area contributed by atoms with E-state index in [0.717, 1.165) is 25.7 Å². The summed E-state index contributed by atoms with van der Waals surface area (Å²) in [5.74, 6) is 0.521. The van der Waals surface area contributed by atoms with Crippen LogP contribution in [0.15, 0.2) is 24.3 Å². The lowest BCUT2D eigenvalue weighted by atomic mass is 9.96. The average molecular weight is 439 g/mol. The molecule has 1 aromatic carbocycles. The van der Waals surface area contributed by atoms with Gasteiger partial charge in [0.15, 0.2) is 0 Å². The minimum atomic E-state index is -3.45. The number of hydrogen-bond acceptors (Lipinski definition) is 5. The van der Waals surface area contributed by atoms with Crippen LogP contribution in [0.5, 0.6) is 5.75 Å². The number of benzene rings is 1. The van der Waals surface area contributed by atoms with Crippen LogP contribution in [0.1, 0.15) is 39.0 Å². The van der Waals surface area contributed by atoms with E-state index in [1.54, 1.807) is 15.7 Å². The fourth-order valence-electron chi connectivity index (χ4n) is 4.18. The number of rotatable bonds is 8. The van der Waals surface area contributed by atoms with E-state index >= 15 is 0 Å². The molecular formula is C21H34N4O4S. The van der Waals surface area contributed by atoms with E-state index in [9.17, 15) is 13.2 Å². The fraction of sp³-hybridized carbons (Fsp3) is 0.667. The van der Waals surface area contributed by atoms with Crippen molar-refractivity contribution >= 4 is 21.8 Å². The van der Waals surface area contributed by atoms with Gasteiger partial charge >= 0.3 is 0 Å². The van der Waals surface area contributed by atoms with Crippen molar-refractivity contribution in [2.75, 3.05) is 51.7 Å². The highest BCUT2D eigenvalue weighted by Gasteiger charge is 2.34. The van der Waals surface area contributed by atoms with Crippen LogP contribution in [0.2, 0.25) is 0 Å². The molecule has 0 atom stereocenters. The number of hydrogen-bond donors (Lipinski definition) is 1. The van der Waals surface area contributed by atoms with Gasteiger partial charge in [-0.3, -0.25) is 9.69 Å². The van der Waals surface area contributed by atoms with Crippen molar-refractivity contribution in [3.8, 4) is 5.75 Å². The SMILES string of the molecule is CCOc1ccccc1NC(=O)CN1CCN(S(=O)(=O)N(C)C2CCCCC2)CC1. The van der Waals surface area contributed by atoms with Crippen molar-refractivity contribution < 1.29 is 17.9 Å². The molecule has 0 unspecified atom stereocenters. The van der Waals surface area contributed by atoms with E-state index in [-0.39, 0.29) is 18.5 Å². The van der Waals surface area contributed by atoms with Crippen LogP contribution in [0.3, 0.4) is 0 Å². The lowest BCUT2D eigenvalue weighted by Crippen LogP contribution is -2.55. The summed E-state index contributed by atoms with van der Waals surface area (Å²) in [4.78, 5) is 14.5. The molecule has 1 heterocycles. The van der Waals surface area contributed by atoms with Crippen LogP contribution in [0, 0.1) is 0 Å². The van der Waals surface area contributed by atoms with Gasteiger partial charge in [0.1, 0.15) is 5.75 Å². The second kappa shape index (κ2) is 10.6. The molecule has 1 aliphatic carbocycles. The van der Waals surface area contributed by atoms with E-state index < -0.39 is 10.2 Å². The van der Waals surface area contributed by atoms with Crippen LogP contribution in [-0.4, -0.2) is 80.3 Å². The average Bonchev–Trinajstić information content (AvgIpc) is 2.75. The maximum Gasteiger partial charge on any atom is 0.282 e. The molecule has 1 amide bonds. The molecule has 0 aromatic heterocycles. The molecule has 0 spiro atoms. The molecule has 1 aromatic rings. The molecule has 168 valence electrons. The maximum atomic E-state index is 13.0. The number of nitrogens with zero attached hydrogens (tertiary/aromatic N) is 3. The predicted octanol–water partition coefficient (Wildman–Crippen LogP) is 2.15. The molecule has 1 saturated heterocycles. The third kappa shape index (κ3) is 5.72. The molecule has 30 heavy (non-hydrogen) atoms. The van der Waals surface area contributed by atoms with Gasteiger partial charge in [-0.2, -0.15) is 17.0 Å². The van der Waals surface area contributed by atoms with Gasteiger partial charge in [-0.15, -0.1) is 0 Å². The van der Waals surface area contributed by atoms with E-state index in [1.165, 1.54) is 6.42 Å². The Kier molecular flexibility index (Phi) is 8.10. The Hall–Kier alpha value is -1.68. The summed E-state index contributed by atoms with van der Waals surface area (Å²) >= 11 is 0. The molecule has 1 saturated carbocycles. The Balaban J connectivity index is 1.50. The van der Waals surface area contributed by atoms with Crippen LogP contribution in [-0.2, 0) is 15.0 Å². The fourth-order valence-corrected chi connectivity index (χ4v) is 5.75. The van der Waals surface area contributed by atoms with Crippen molar-refractivity contribution in [3.05, 3.63) is 24.3 Å². The molecule has 0 radical (unpaired) electrons. The Labute approximate surface area is 180 Å². The Morgan fingerprint density at radius 3 is 2.47 bits per heavy atom. The zero-order valence-corrected chi connectivity index (χ0v) is 18.9. The number of piperazine rings is 1. The monoisotopic (exact) mass is 438 g/mol. The highest BCUT2D eigenvalue weighted by Crippen LogP contribution is 2.26. The molecule has 0 bridgehead atoms. The molecule has 3 rings (SSSR count). The van der Waals surface area contributed by atoms with Crippen molar-refractivity contribution in [1.29, 1.82) is 0 Å². The first-order valence-corrected chi connectivity index (χ1v) is 12.3. The van der Waals surface area contributed by atoms with Gasteiger partial charge in [-0.05, 0) is 31.9 Å². The van der Waals surface area contributed by atoms with Crippen LogP contribution in [0.4, 0.5) is 5.69 Å². The first-order valence-electron chi connectivity index (χ1n) is 10.9. The summed E-state index contributed by atoms with van der Waals surface area (Å²) in [6.07, 6.45) is 5.28. The summed E-state index contributed by atoms with van der Waals surface area (Å²) in [5.41, 5.74) is 0.652. The maximum absolute atomic E-state index is 13.0. The van der Waals surface area contributed by atoms with Crippen LogP contribution >= 0.6 is 0 Å². The second-order valence-electron chi connectivity index (χ2n) is 7.97. The number of ether oxygens (including phenoxy) is 1. The predicted molar refractivity (Wildman–Crippen MR) is 118 cm³/mol. The smallest absolute Gasteiger partial charge is 0.282 e. The number of nitrogens with one attached hydrogen (secondary N) is 1. The van der Waals surface area contributed by atoms with E-state index in [4.69, 9.17) is 4.74 Å². The summed E-state index contributed by atoms with van der Waals surface area (Å²) in [6, 6.07) is 7.47. The lowest BCUT2D eigenvalue weighted by molar-refractivity contribution is -0.117. The minimum Gasteiger partial charge on any atom is -0.492 e. The van der Waals surface area contributed by atoms with E-state index in [2.05, 4.69) is 5.32 Å². The molecule has 8 nitrogen and oxygen atoms in total. The molecule has 1 N–H and O–H groups in total. The van der Waals surface area contributed by atoms with Crippen LogP contribution in [0.25, 0.3) is 0 Å². The Morgan fingerprint density at radius 1 is 1.13 bits per heavy atom. The zero-order valence-electron chi connectivity index (χ0n) is 18.0. The quantitative estimate of drug-likeness (QED) is 0.673. The third-order valence-electron chi connectivity index (χ3n) is 5.94. The summed E-state index contributed by atoms with van der Waals surface area (Å²) in [5, 5.41) is 2.90. The van der Waals surface area contributed by atoms with Crippen LogP contribution < -0.4 is 10.1 Å². The molecular weight excluding hydrogens is 404 g/mol. The highest BCUT2D eigenvalue weighted by atomic mass is 32.2. The summed E-state index contributed by atoms with van der Waals surface area (Å²) < 4.78 is 34.7. The number of carbonyl (C=O) groups excluding carboxylic acids is 1. The molecule has 2 aliphatic rings. The molecule has 2 fully saturated rings. The van der Waals surface area contributed by atoms with Crippen molar-refractivity contribution in [2.45, 2.75) is 45.1 Å². The minimum absolute atomic E-state index is 0.109. The number of anilines is 1. The highest BCUT2D eigenvalue weighted by molar-refractivity contribution is 7.86. The second-order valence-corrected chi connectivity index (χ2v) is 9.96. The Morgan fingerprint density at radius 2 is 1.80 bits per heavy atom. The number of amides is 1. The lowest BCUT2D eigenvalue weighted by Gasteiger charge is -2.38. The first-order chi connectivity index (χ1) is 14.4. The van der Waals surface area contributed by atoms with Gasteiger partial charge in [0.05, 0.1) is 18.8 Å². The summed E-state index contributed by atoms with van der Waals surface area (Å²) in [7, 11) is -1.74. The van der Waals surface area contributed by atoms with E-state index in [0.29, 0.717) is 44.2 Å². The Bertz CT molecular complexity index is 803. The summed E-state index contributed by atoms with van der Waals surface area (Å²) in [6.45, 7) is 4.55. The van der Waals surface area contributed by atoms with Crippen molar-refractivity contribution in [3.63, 3.8) is 0 Å². The topological polar surface area (TPSA) is 82.2 Å². The van der Waals surface area contributed by atoms with Gasteiger partial charge in [0, 0.05) is 39.3 Å². The van der Waals surface area contributed by atoms with Crippen molar-refractivity contribution in [1.82, 2.24) is 13.5 Å². The van der Waals surface area contributed by atoms with Gasteiger partial charge in [-0.1, -0.05) is 31.4 Å². The third-order valence-corrected chi connectivity index (χ3v) is 7.98. The van der Waals surface area contributed by atoms with Gasteiger partial charge in [0.2, 0.25) is 5.91 Å².